The van der Waals surface area contributed by atoms with Gasteiger partial charge < -0.3 is 9.80 Å². The quantitative estimate of drug-likeness (QED) is 0.684. The SMILES string of the molecule is CC(C)c1cc(N2Cc3ccccc3C2)nc(N2Cc3ccccc3C2)n1. The summed E-state index contributed by atoms with van der Waals surface area (Å²) >= 11 is 0. The van der Waals surface area contributed by atoms with Gasteiger partial charge in [-0.2, -0.15) is 4.98 Å². The van der Waals surface area contributed by atoms with E-state index in [1.807, 2.05) is 0 Å². The molecule has 0 spiro atoms. The minimum absolute atomic E-state index is 0.375. The van der Waals surface area contributed by atoms with Crippen molar-refractivity contribution < 1.29 is 0 Å². The summed E-state index contributed by atoms with van der Waals surface area (Å²) in [7, 11) is 0. The van der Waals surface area contributed by atoms with Crippen molar-refractivity contribution >= 4 is 11.8 Å². The molecule has 3 aromatic rings. The molecule has 3 heterocycles. The molecule has 0 saturated carbocycles. The normalized spacial score (nSPS) is 15.4. The molecule has 5 rings (SSSR count). The second-order valence-electron chi connectivity index (χ2n) is 7.86. The third-order valence-corrected chi connectivity index (χ3v) is 5.60. The predicted molar refractivity (Wildman–Crippen MR) is 109 cm³/mol. The molecule has 2 aliphatic heterocycles. The first-order valence-corrected chi connectivity index (χ1v) is 9.70. The Morgan fingerprint density at radius 1 is 0.704 bits per heavy atom. The number of hydrogen-bond acceptors (Lipinski definition) is 4. The van der Waals surface area contributed by atoms with Gasteiger partial charge in [-0.25, -0.2) is 4.98 Å². The summed E-state index contributed by atoms with van der Waals surface area (Å²) in [4.78, 5) is 14.6. The second-order valence-corrected chi connectivity index (χ2v) is 7.86. The summed E-state index contributed by atoms with van der Waals surface area (Å²) < 4.78 is 0. The van der Waals surface area contributed by atoms with Gasteiger partial charge in [-0.1, -0.05) is 62.4 Å². The van der Waals surface area contributed by atoms with Gasteiger partial charge in [-0.3, -0.25) is 0 Å². The molecule has 0 bridgehead atoms. The Balaban J connectivity index is 1.49. The van der Waals surface area contributed by atoms with Crippen LogP contribution in [0.5, 0.6) is 0 Å². The number of hydrogen-bond donors (Lipinski definition) is 0. The monoisotopic (exact) mass is 356 g/mol. The van der Waals surface area contributed by atoms with Crippen molar-refractivity contribution in [3.8, 4) is 0 Å². The minimum atomic E-state index is 0.375. The highest BCUT2D eigenvalue weighted by atomic mass is 15.3. The average molecular weight is 356 g/mol. The average Bonchev–Trinajstić information content (AvgIpc) is 3.31. The first-order chi connectivity index (χ1) is 13.2. The number of fused-ring (bicyclic) bond motifs is 2. The summed E-state index contributed by atoms with van der Waals surface area (Å²) in [6.07, 6.45) is 0. The van der Waals surface area contributed by atoms with Gasteiger partial charge in [0, 0.05) is 32.2 Å². The van der Waals surface area contributed by atoms with Gasteiger partial charge in [0.15, 0.2) is 0 Å². The molecule has 1 aromatic heterocycles. The second kappa shape index (κ2) is 6.38. The Morgan fingerprint density at radius 2 is 1.19 bits per heavy atom. The van der Waals surface area contributed by atoms with Crippen LogP contribution in [0.4, 0.5) is 11.8 Å². The van der Waals surface area contributed by atoms with E-state index in [1.165, 1.54) is 22.3 Å². The van der Waals surface area contributed by atoms with Gasteiger partial charge in [0.2, 0.25) is 5.95 Å². The van der Waals surface area contributed by atoms with Crippen molar-refractivity contribution in [1.82, 2.24) is 9.97 Å². The highest BCUT2D eigenvalue weighted by Gasteiger charge is 2.25. The molecule has 2 aromatic carbocycles. The van der Waals surface area contributed by atoms with Crippen LogP contribution in [0.3, 0.4) is 0 Å². The lowest BCUT2D eigenvalue weighted by Gasteiger charge is -2.22. The van der Waals surface area contributed by atoms with Crippen LogP contribution in [-0.4, -0.2) is 9.97 Å². The molecule has 4 heteroatoms. The van der Waals surface area contributed by atoms with E-state index in [1.54, 1.807) is 0 Å². The lowest BCUT2D eigenvalue weighted by atomic mass is 10.1. The Labute approximate surface area is 160 Å². The standard InChI is InChI=1S/C23H24N4/c1-16(2)21-11-22(26-12-17-7-3-4-8-18(17)13-26)25-23(24-21)27-14-19-9-5-6-10-20(19)15-27/h3-11,16H,12-15H2,1-2H3. The van der Waals surface area contributed by atoms with Crippen LogP contribution in [0.15, 0.2) is 54.6 Å². The summed E-state index contributed by atoms with van der Waals surface area (Å²) in [6, 6.07) is 19.5. The smallest absolute Gasteiger partial charge is 0.228 e. The van der Waals surface area contributed by atoms with Gasteiger partial charge in [0.1, 0.15) is 5.82 Å². The van der Waals surface area contributed by atoms with E-state index < -0.39 is 0 Å². The molecule has 0 N–H and O–H groups in total. The fourth-order valence-electron chi connectivity index (χ4n) is 4.01. The lowest BCUT2D eigenvalue weighted by Crippen LogP contribution is -2.22. The van der Waals surface area contributed by atoms with Gasteiger partial charge >= 0.3 is 0 Å². The Morgan fingerprint density at radius 3 is 1.67 bits per heavy atom. The molecule has 0 unspecified atom stereocenters. The van der Waals surface area contributed by atoms with E-state index in [0.29, 0.717) is 5.92 Å². The van der Waals surface area contributed by atoms with Gasteiger partial charge in [-0.05, 0) is 28.2 Å². The molecule has 0 saturated heterocycles. The van der Waals surface area contributed by atoms with Crippen molar-refractivity contribution in [3.05, 3.63) is 82.5 Å². The van der Waals surface area contributed by atoms with Crippen LogP contribution in [-0.2, 0) is 26.2 Å². The fraction of sp³-hybridized carbons (Fsp3) is 0.304. The zero-order valence-electron chi connectivity index (χ0n) is 15.9. The summed E-state index contributed by atoms with van der Waals surface area (Å²) in [5.74, 6) is 2.26. The first-order valence-electron chi connectivity index (χ1n) is 9.70. The van der Waals surface area contributed by atoms with Gasteiger partial charge in [0.05, 0.1) is 5.69 Å². The summed E-state index contributed by atoms with van der Waals surface area (Å²) in [5, 5.41) is 0. The maximum atomic E-state index is 4.99. The zero-order valence-corrected chi connectivity index (χ0v) is 15.9. The lowest BCUT2D eigenvalue weighted by molar-refractivity contribution is 0.759. The largest absolute Gasteiger partial charge is 0.348 e. The van der Waals surface area contributed by atoms with E-state index >= 15 is 0 Å². The van der Waals surface area contributed by atoms with E-state index in [-0.39, 0.29) is 0 Å². The minimum Gasteiger partial charge on any atom is -0.348 e. The van der Waals surface area contributed by atoms with Crippen LogP contribution in [0, 0.1) is 0 Å². The number of nitrogens with zero attached hydrogens (tertiary/aromatic N) is 4. The predicted octanol–water partition coefficient (Wildman–Crippen LogP) is 4.64. The molecule has 4 nitrogen and oxygen atoms in total. The van der Waals surface area contributed by atoms with E-state index in [0.717, 1.165) is 43.6 Å². The van der Waals surface area contributed by atoms with Crippen LogP contribution >= 0.6 is 0 Å². The van der Waals surface area contributed by atoms with Gasteiger partial charge in [-0.15, -0.1) is 0 Å². The van der Waals surface area contributed by atoms with E-state index in [2.05, 4.69) is 78.2 Å². The maximum absolute atomic E-state index is 4.99. The van der Waals surface area contributed by atoms with Crippen molar-refractivity contribution in [2.75, 3.05) is 9.80 Å². The van der Waals surface area contributed by atoms with Crippen LogP contribution in [0.2, 0.25) is 0 Å². The molecule has 0 aliphatic carbocycles. The summed E-state index contributed by atoms with van der Waals surface area (Å²) in [6.45, 7) is 8.02. The highest BCUT2D eigenvalue weighted by molar-refractivity contribution is 5.53. The topological polar surface area (TPSA) is 32.3 Å². The fourth-order valence-corrected chi connectivity index (χ4v) is 4.01. The van der Waals surface area contributed by atoms with Crippen molar-refractivity contribution in [1.29, 1.82) is 0 Å². The van der Waals surface area contributed by atoms with Crippen molar-refractivity contribution in [2.24, 2.45) is 0 Å². The Kier molecular flexibility index (Phi) is 3.85. The van der Waals surface area contributed by atoms with E-state index in [4.69, 9.17) is 9.97 Å². The van der Waals surface area contributed by atoms with Gasteiger partial charge in [0.25, 0.3) is 0 Å². The number of benzene rings is 2. The molecule has 0 radical (unpaired) electrons. The molecule has 27 heavy (non-hydrogen) atoms. The van der Waals surface area contributed by atoms with E-state index in [9.17, 15) is 0 Å². The number of aromatic nitrogens is 2. The molecular formula is C23H24N4. The van der Waals surface area contributed by atoms with Crippen LogP contribution in [0.25, 0.3) is 0 Å². The zero-order chi connectivity index (χ0) is 18.4. The first kappa shape index (κ1) is 16.3. The highest BCUT2D eigenvalue weighted by Crippen LogP contribution is 2.32. The molecule has 2 aliphatic rings. The molecule has 0 fully saturated rings. The van der Waals surface area contributed by atoms with Crippen LogP contribution < -0.4 is 9.80 Å². The number of rotatable bonds is 3. The molecule has 136 valence electrons. The Hall–Kier alpha value is -2.88. The van der Waals surface area contributed by atoms with Crippen molar-refractivity contribution in [3.63, 3.8) is 0 Å². The van der Waals surface area contributed by atoms with Crippen LogP contribution in [0.1, 0.15) is 47.7 Å². The third kappa shape index (κ3) is 2.95. The third-order valence-electron chi connectivity index (χ3n) is 5.60. The maximum Gasteiger partial charge on any atom is 0.228 e. The van der Waals surface area contributed by atoms with Crippen molar-refractivity contribution in [2.45, 2.75) is 45.9 Å². The molecular weight excluding hydrogens is 332 g/mol. The molecule has 0 atom stereocenters. The summed E-state index contributed by atoms with van der Waals surface area (Å²) in [5.41, 5.74) is 6.67. The number of anilines is 2. The Bertz CT molecular complexity index is 871. The molecule has 0 amide bonds.